The molecule has 0 heterocycles. The number of ether oxygens (including phenoxy) is 2. The number of hydrogen-bond acceptors (Lipinski definition) is 8. The van der Waals surface area contributed by atoms with E-state index >= 15 is 0 Å². The van der Waals surface area contributed by atoms with E-state index in [2.05, 4.69) is 19.9 Å². The molecule has 0 radical (unpaired) electrons. The summed E-state index contributed by atoms with van der Waals surface area (Å²) in [5, 5.41) is 0. The fourth-order valence-corrected chi connectivity index (χ4v) is 6.59. The van der Waals surface area contributed by atoms with E-state index in [4.69, 9.17) is 24.3 Å². The summed E-state index contributed by atoms with van der Waals surface area (Å²) in [5.74, 6) is -0.876. The third-order valence-corrected chi connectivity index (χ3v) is 9.90. The van der Waals surface area contributed by atoms with E-state index < -0.39 is 26.5 Å². The maximum atomic E-state index is 12.5. The fraction of sp³-hybridized carbons (Fsp3) is 0.900. The van der Waals surface area contributed by atoms with E-state index in [9.17, 15) is 19.0 Å². The van der Waals surface area contributed by atoms with Crippen LogP contribution in [-0.2, 0) is 32.7 Å². The lowest BCUT2D eigenvalue weighted by atomic mass is 10.0. The van der Waals surface area contributed by atoms with Gasteiger partial charge in [0.05, 0.1) is 13.2 Å². The summed E-state index contributed by atoms with van der Waals surface area (Å²) in [4.78, 5) is 34.7. The zero-order chi connectivity index (χ0) is 36.8. The van der Waals surface area contributed by atoms with E-state index in [1.807, 2.05) is 6.08 Å². The molecule has 10 heteroatoms. The van der Waals surface area contributed by atoms with Crippen molar-refractivity contribution in [1.82, 2.24) is 0 Å². The predicted octanol–water partition coefficient (Wildman–Crippen LogP) is 11.4. The average Bonchev–Trinajstić information content (AvgIpc) is 3.10. The highest BCUT2D eigenvalue weighted by atomic mass is 31.2. The monoisotopic (exact) mass is 732 g/mol. The molecule has 296 valence electrons. The molecular formula is C40H78NO8P. The summed E-state index contributed by atoms with van der Waals surface area (Å²) in [6.45, 7) is 3.71. The Labute approximate surface area is 307 Å². The summed E-state index contributed by atoms with van der Waals surface area (Å²) in [5.41, 5.74) is 5.34. The fourth-order valence-electron chi connectivity index (χ4n) is 5.83. The van der Waals surface area contributed by atoms with Crippen molar-refractivity contribution < 1.29 is 37.6 Å². The zero-order valence-corrected chi connectivity index (χ0v) is 33.3. The number of esters is 2. The largest absolute Gasteiger partial charge is 0.472 e. The summed E-state index contributed by atoms with van der Waals surface area (Å²) in [7, 11) is -4.38. The first-order chi connectivity index (χ1) is 24.3. The van der Waals surface area contributed by atoms with Gasteiger partial charge < -0.3 is 20.1 Å². The van der Waals surface area contributed by atoms with Gasteiger partial charge in [-0.05, 0) is 25.7 Å². The molecule has 0 aliphatic rings. The second-order valence-corrected chi connectivity index (χ2v) is 15.3. The Morgan fingerprint density at radius 1 is 0.580 bits per heavy atom. The molecule has 3 N–H and O–H groups in total. The Morgan fingerprint density at radius 3 is 1.50 bits per heavy atom. The van der Waals surface area contributed by atoms with Crippen LogP contribution < -0.4 is 5.73 Å². The number of phosphoric ester groups is 1. The van der Waals surface area contributed by atoms with Gasteiger partial charge in [0, 0.05) is 19.4 Å². The van der Waals surface area contributed by atoms with Crippen molar-refractivity contribution in [3.63, 3.8) is 0 Å². The van der Waals surface area contributed by atoms with Gasteiger partial charge in [-0.3, -0.25) is 18.6 Å². The molecule has 9 nitrogen and oxygen atoms in total. The van der Waals surface area contributed by atoms with Gasteiger partial charge in [-0.1, -0.05) is 174 Å². The van der Waals surface area contributed by atoms with Crippen molar-refractivity contribution in [2.24, 2.45) is 5.73 Å². The summed E-state index contributed by atoms with van der Waals surface area (Å²) in [6.07, 6.45) is 36.8. The van der Waals surface area contributed by atoms with Crippen molar-refractivity contribution in [1.29, 1.82) is 0 Å². The number of rotatable bonds is 39. The van der Waals surface area contributed by atoms with Crippen LogP contribution in [0.15, 0.2) is 12.2 Å². The number of hydrogen-bond donors (Lipinski definition) is 2. The highest BCUT2D eigenvalue weighted by Crippen LogP contribution is 2.43. The van der Waals surface area contributed by atoms with E-state index in [1.165, 1.54) is 135 Å². The molecule has 0 aliphatic heterocycles. The Balaban J connectivity index is 4.20. The third kappa shape index (κ3) is 36.5. The molecule has 2 atom stereocenters. The first-order valence-corrected chi connectivity index (χ1v) is 22.2. The maximum Gasteiger partial charge on any atom is 0.472 e. The van der Waals surface area contributed by atoms with Crippen LogP contribution in [0.3, 0.4) is 0 Å². The highest BCUT2D eigenvalue weighted by molar-refractivity contribution is 7.47. The van der Waals surface area contributed by atoms with Gasteiger partial charge in [0.25, 0.3) is 0 Å². The molecule has 0 saturated heterocycles. The summed E-state index contributed by atoms with van der Waals surface area (Å²) >= 11 is 0. The topological polar surface area (TPSA) is 134 Å². The van der Waals surface area contributed by atoms with Crippen molar-refractivity contribution >= 4 is 19.8 Å². The Morgan fingerprint density at radius 2 is 1.02 bits per heavy atom. The average molecular weight is 732 g/mol. The first-order valence-electron chi connectivity index (χ1n) is 20.7. The third-order valence-electron chi connectivity index (χ3n) is 8.91. The second-order valence-electron chi connectivity index (χ2n) is 13.9. The molecule has 0 fully saturated rings. The minimum Gasteiger partial charge on any atom is -0.462 e. The summed E-state index contributed by atoms with van der Waals surface area (Å²) in [6, 6.07) is 0. The molecule has 0 bridgehead atoms. The van der Waals surface area contributed by atoms with Crippen molar-refractivity contribution in [3.05, 3.63) is 12.2 Å². The van der Waals surface area contributed by atoms with Crippen molar-refractivity contribution in [3.8, 4) is 0 Å². The van der Waals surface area contributed by atoms with Gasteiger partial charge in [-0.2, -0.15) is 0 Å². The number of phosphoric acid groups is 1. The van der Waals surface area contributed by atoms with Gasteiger partial charge >= 0.3 is 19.8 Å². The normalized spacial score (nSPS) is 13.4. The molecule has 0 aromatic heterocycles. The SMILES string of the molecule is CCCCCCCCCCCCC/C=C/CCC(=O)O[C@H](COC(=O)CCCCCCCCCCCCCCCC)COP(=O)(O)OCCN. The molecule has 0 aliphatic carbocycles. The standard InChI is InChI=1S/C40H78NO8P/c1-3-5-7-9-11-13-15-17-19-21-23-25-27-29-31-33-40(43)49-38(37-48-50(44,45)47-35-34-41)36-46-39(42)32-30-28-26-24-22-20-18-16-14-12-10-8-6-4-2/h27,29,38H,3-26,28,30-37,41H2,1-2H3,(H,44,45)/b29-27+/t38-/m1/s1. The van der Waals surface area contributed by atoms with Gasteiger partial charge in [-0.25, -0.2) is 4.57 Å². The van der Waals surface area contributed by atoms with Gasteiger partial charge in [-0.15, -0.1) is 0 Å². The summed E-state index contributed by atoms with van der Waals surface area (Å²) < 4.78 is 32.7. The molecule has 0 amide bonds. The van der Waals surface area contributed by atoms with E-state index in [1.54, 1.807) is 0 Å². The lowest BCUT2D eigenvalue weighted by Gasteiger charge is -2.19. The Bertz CT molecular complexity index is 840. The van der Waals surface area contributed by atoms with Crippen LogP contribution in [0.5, 0.6) is 0 Å². The lowest BCUT2D eigenvalue weighted by molar-refractivity contribution is -0.161. The van der Waals surface area contributed by atoms with Gasteiger partial charge in [0.1, 0.15) is 6.61 Å². The van der Waals surface area contributed by atoms with E-state index in [0.717, 1.165) is 32.1 Å². The van der Waals surface area contributed by atoms with Crippen molar-refractivity contribution in [2.75, 3.05) is 26.4 Å². The molecule has 0 saturated carbocycles. The molecule has 0 aromatic carbocycles. The molecule has 0 spiro atoms. The minimum absolute atomic E-state index is 0.0516. The second kappa shape index (κ2) is 37.5. The minimum atomic E-state index is -4.38. The Hall–Kier alpha value is -1.25. The predicted molar refractivity (Wildman–Crippen MR) is 206 cm³/mol. The van der Waals surface area contributed by atoms with Crippen molar-refractivity contribution in [2.45, 2.75) is 206 Å². The molecular weight excluding hydrogens is 653 g/mol. The molecule has 0 aromatic rings. The quantitative estimate of drug-likeness (QED) is 0.0274. The first kappa shape index (κ1) is 48.8. The number of unbranched alkanes of at least 4 members (excludes halogenated alkanes) is 24. The number of carbonyl (C=O) groups is 2. The van der Waals surface area contributed by atoms with Gasteiger partial charge in [0.2, 0.25) is 0 Å². The molecule has 50 heavy (non-hydrogen) atoms. The van der Waals surface area contributed by atoms with Crippen LogP contribution in [0.25, 0.3) is 0 Å². The zero-order valence-electron chi connectivity index (χ0n) is 32.4. The lowest BCUT2D eigenvalue weighted by Crippen LogP contribution is -2.29. The van der Waals surface area contributed by atoms with Gasteiger partial charge in [0.15, 0.2) is 6.10 Å². The number of nitrogens with two attached hydrogens (primary N) is 1. The van der Waals surface area contributed by atoms with Crippen LogP contribution >= 0.6 is 7.82 Å². The smallest absolute Gasteiger partial charge is 0.462 e. The van der Waals surface area contributed by atoms with E-state index in [0.29, 0.717) is 6.42 Å². The van der Waals surface area contributed by atoms with E-state index in [-0.39, 0.29) is 38.6 Å². The molecule has 0 rings (SSSR count). The Kier molecular flexibility index (Phi) is 36.6. The highest BCUT2D eigenvalue weighted by Gasteiger charge is 2.25. The number of allylic oxidation sites excluding steroid dienone is 2. The van der Waals surface area contributed by atoms with Crippen LogP contribution in [0, 0.1) is 0 Å². The van der Waals surface area contributed by atoms with Crippen LogP contribution in [0.2, 0.25) is 0 Å². The number of carbonyl (C=O) groups excluding carboxylic acids is 2. The maximum absolute atomic E-state index is 12.5. The molecule has 1 unspecified atom stereocenters. The van der Waals surface area contributed by atoms with Crippen LogP contribution in [0.1, 0.15) is 200 Å². The van der Waals surface area contributed by atoms with Crippen LogP contribution in [-0.4, -0.2) is 49.3 Å². The van der Waals surface area contributed by atoms with Crippen LogP contribution in [0.4, 0.5) is 0 Å².